The number of para-hydroxylation sites is 1. The average molecular weight is 588 g/mol. The van der Waals surface area contributed by atoms with E-state index in [2.05, 4.69) is 83.8 Å². The minimum atomic E-state index is 0.00574. The van der Waals surface area contributed by atoms with Gasteiger partial charge in [0.05, 0.1) is 29.5 Å². The molecule has 7 aromatic rings. The first-order chi connectivity index (χ1) is 21.7. The molecule has 0 N–H and O–H groups in total. The van der Waals surface area contributed by atoms with Crippen molar-refractivity contribution in [3.05, 3.63) is 138 Å². The lowest BCUT2D eigenvalue weighted by atomic mass is 9.88. The topological polar surface area (TPSA) is 49.2 Å². The van der Waals surface area contributed by atoms with Gasteiger partial charge in [0.1, 0.15) is 17.3 Å². The van der Waals surface area contributed by atoms with Gasteiger partial charge >= 0.3 is 0 Å². The van der Waals surface area contributed by atoms with Gasteiger partial charge in [-0.15, -0.1) is 0 Å². The molecule has 0 spiro atoms. The number of aryl methyl sites for hydroxylation is 2. The summed E-state index contributed by atoms with van der Waals surface area (Å²) in [6.07, 6.45) is 5.79. The lowest BCUT2D eigenvalue weighted by Crippen LogP contribution is -2.12. The van der Waals surface area contributed by atoms with Gasteiger partial charge in [0, 0.05) is 40.9 Å². The second-order valence-corrected chi connectivity index (χ2v) is 12.5. The summed E-state index contributed by atoms with van der Waals surface area (Å²) in [4.78, 5) is 8.39. The Hall–Kier alpha value is -5.67. The van der Waals surface area contributed by atoms with Crippen LogP contribution in [0.15, 0.2) is 110 Å². The molecule has 0 aliphatic heterocycles. The van der Waals surface area contributed by atoms with Gasteiger partial charge in [0.25, 0.3) is 0 Å². The Morgan fingerprint density at radius 2 is 1.53 bits per heavy atom. The fourth-order valence-corrected chi connectivity index (χ4v) is 6.15. The monoisotopic (exact) mass is 587 g/mol. The van der Waals surface area contributed by atoms with Gasteiger partial charge in [-0.3, -0.25) is 4.57 Å². The minimum absolute atomic E-state index is 0.00574. The summed E-state index contributed by atoms with van der Waals surface area (Å²) in [6, 6.07) is 30.8. The van der Waals surface area contributed by atoms with E-state index < -0.39 is 0 Å². The van der Waals surface area contributed by atoms with Gasteiger partial charge in [-0.05, 0) is 72.9 Å². The smallest absolute Gasteiger partial charge is 0.187 e. The van der Waals surface area contributed by atoms with Gasteiger partial charge in [0.2, 0.25) is 0 Å². The van der Waals surface area contributed by atoms with Crippen LogP contribution in [-0.4, -0.2) is 19.3 Å². The molecule has 0 aliphatic carbocycles. The maximum Gasteiger partial charge on any atom is 0.187 e. The number of aromatic nitrogens is 4. The normalized spacial score (nSPS) is 11.6. The Balaban J connectivity index is 1.25. The van der Waals surface area contributed by atoms with E-state index in [0.29, 0.717) is 11.4 Å². The zero-order valence-electron chi connectivity index (χ0n) is 26.0. The molecule has 0 unspecified atom stereocenters. The fraction of sp³-hybridized carbons (Fsp3) is 0.154. The van der Waals surface area contributed by atoms with E-state index >= 15 is 0 Å². The molecule has 220 valence electrons. The first-order valence-electron chi connectivity index (χ1n) is 15.0. The molecule has 0 radical (unpaired) electrons. The number of benzene rings is 4. The number of fused-ring (bicyclic) bond motifs is 3. The average Bonchev–Trinajstić information content (AvgIpc) is 3.63. The van der Waals surface area contributed by atoms with Gasteiger partial charge in [0.15, 0.2) is 5.69 Å². The van der Waals surface area contributed by atoms with Crippen molar-refractivity contribution < 1.29 is 4.74 Å². The van der Waals surface area contributed by atoms with Crippen LogP contribution in [0.5, 0.6) is 11.5 Å². The van der Waals surface area contributed by atoms with Gasteiger partial charge in [-0.1, -0.05) is 68.3 Å². The summed E-state index contributed by atoms with van der Waals surface area (Å²) in [5.74, 6) is 2.34. The Kier molecular flexibility index (Phi) is 6.75. The van der Waals surface area contributed by atoms with E-state index in [0.717, 1.165) is 55.9 Å². The molecule has 7 rings (SSSR count). The highest BCUT2D eigenvalue weighted by molar-refractivity contribution is 6.09. The van der Waals surface area contributed by atoms with Crippen LogP contribution in [0.4, 0.5) is 5.69 Å². The zero-order valence-corrected chi connectivity index (χ0v) is 26.0. The Morgan fingerprint density at radius 1 is 0.778 bits per heavy atom. The summed E-state index contributed by atoms with van der Waals surface area (Å²) in [6.45, 7) is 18.1. The van der Waals surface area contributed by atoms with Crippen LogP contribution >= 0.6 is 0 Å². The maximum atomic E-state index is 7.36. The Bertz CT molecular complexity index is 2250. The fourth-order valence-electron chi connectivity index (χ4n) is 6.15. The second kappa shape index (κ2) is 10.8. The van der Waals surface area contributed by atoms with Crippen molar-refractivity contribution in [2.75, 3.05) is 0 Å². The molecule has 0 aliphatic rings. The van der Waals surface area contributed by atoms with Crippen molar-refractivity contribution in [3.63, 3.8) is 0 Å². The van der Waals surface area contributed by atoms with Crippen molar-refractivity contribution in [3.8, 4) is 34.1 Å². The van der Waals surface area contributed by atoms with Gasteiger partial charge in [-0.25, -0.2) is 14.5 Å². The number of hydrogen-bond acceptors (Lipinski definition) is 3. The zero-order chi connectivity index (χ0) is 31.3. The largest absolute Gasteiger partial charge is 0.457 e. The highest BCUT2D eigenvalue weighted by Gasteiger charge is 2.18. The van der Waals surface area contributed by atoms with Crippen LogP contribution in [-0.2, 0) is 5.41 Å². The first-order valence-corrected chi connectivity index (χ1v) is 15.0. The van der Waals surface area contributed by atoms with E-state index in [1.54, 1.807) is 0 Å². The van der Waals surface area contributed by atoms with Crippen LogP contribution in [0.2, 0.25) is 0 Å². The van der Waals surface area contributed by atoms with Crippen LogP contribution in [0.25, 0.3) is 49.3 Å². The number of pyridine rings is 1. The van der Waals surface area contributed by atoms with E-state index in [9.17, 15) is 0 Å². The third-order valence-electron chi connectivity index (χ3n) is 8.32. The van der Waals surface area contributed by atoms with Crippen LogP contribution < -0.4 is 4.74 Å². The molecule has 3 heterocycles. The summed E-state index contributed by atoms with van der Waals surface area (Å²) < 4.78 is 10.6. The molecule has 6 nitrogen and oxygen atoms in total. The van der Waals surface area contributed by atoms with Crippen molar-refractivity contribution in [1.82, 2.24) is 19.3 Å². The third kappa shape index (κ3) is 5.13. The summed E-state index contributed by atoms with van der Waals surface area (Å²) in [5, 5.41) is 6.98. The number of hydrogen-bond donors (Lipinski definition) is 0. The molecule has 0 amide bonds. The quantitative estimate of drug-likeness (QED) is 0.188. The lowest BCUT2D eigenvalue weighted by Gasteiger charge is -2.20. The molecule has 0 bridgehead atoms. The van der Waals surface area contributed by atoms with Crippen molar-refractivity contribution in [2.24, 2.45) is 0 Å². The predicted molar refractivity (Wildman–Crippen MR) is 182 cm³/mol. The molecular weight excluding hydrogens is 554 g/mol. The lowest BCUT2D eigenvalue weighted by molar-refractivity contribution is 0.483. The molecule has 6 heteroatoms. The van der Waals surface area contributed by atoms with E-state index in [1.807, 2.05) is 79.6 Å². The van der Waals surface area contributed by atoms with Crippen LogP contribution in [0, 0.1) is 20.4 Å². The van der Waals surface area contributed by atoms with E-state index in [1.165, 1.54) is 10.9 Å². The summed E-state index contributed by atoms with van der Waals surface area (Å²) >= 11 is 0. The number of nitrogens with zero attached hydrogens (tertiary/aromatic N) is 5. The van der Waals surface area contributed by atoms with Crippen molar-refractivity contribution in [1.29, 1.82) is 0 Å². The second-order valence-electron chi connectivity index (χ2n) is 12.5. The first kappa shape index (κ1) is 28.1. The summed E-state index contributed by atoms with van der Waals surface area (Å²) in [5.41, 5.74) is 9.16. The molecule has 0 fully saturated rings. The van der Waals surface area contributed by atoms with Crippen LogP contribution in [0.3, 0.4) is 0 Å². The van der Waals surface area contributed by atoms with E-state index in [-0.39, 0.29) is 5.41 Å². The van der Waals surface area contributed by atoms with Gasteiger partial charge in [-0.2, -0.15) is 5.10 Å². The van der Waals surface area contributed by atoms with Crippen molar-refractivity contribution >= 4 is 27.5 Å². The van der Waals surface area contributed by atoms with Gasteiger partial charge < -0.3 is 4.74 Å². The molecule has 0 saturated carbocycles. The molecule has 0 saturated heterocycles. The Morgan fingerprint density at radius 3 is 2.31 bits per heavy atom. The predicted octanol–water partition coefficient (Wildman–Crippen LogP) is 10.3. The standard InChI is InChI=1S/C39H33N5O/c1-25-18-29(40-6)19-26(2)38(25)27-23-42-43(24-27)30-10-9-11-31(21-30)45-32-14-15-34-33-12-7-8-13-35(33)44(36(34)22-32)37-20-28(16-17-41-37)39(3,4)5/h7-24H,1-5H3. The third-order valence-corrected chi connectivity index (χ3v) is 8.32. The van der Waals surface area contributed by atoms with Crippen LogP contribution in [0.1, 0.15) is 37.5 Å². The van der Waals surface area contributed by atoms with E-state index in [4.69, 9.17) is 16.3 Å². The summed E-state index contributed by atoms with van der Waals surface area (Å²) in [7, 11) is 0. The molecular formula is C39H33N5O. The molecule has 3 aromatic heterocycles. The molecule has 4 aromatic carbocycles. The molecule has 0 atom stereocenters. The highest BCUT2D eigenvalue weighted by atomic mass is 16.5. The van der Waals surface area contributed by atoms with Crippen molar-refractivity contribution in [2.45, 2.75) is 40.0 Å². The highest BCUT2D eigenvalue weighted by Crippen LogP contribution is 2.36. The minimum Gasteiger partial charge on any atom is -0.457 e. The number of rotatable bonds is 5. The maximum absolute atomic E-state index is 7.36. The Labute approximate surface area is 263 Å². The number of ether oxygens (including phenoxy) is 1. The SMILES string of the molecule is [C-]#[N+]c1cc(C)c(-c2cnn(-c3cccc(Oc4ccc5c6ccccc6n(-c6cc(C(C)(C)C)ccn6)c5c4)c3)c2)c(C)c1. The molecule has 45 heavy (non-hydrogen) atoms.